The maximum Gasteiger partial charge on any atom is 0.253 e. The van der Waals surface area contributed by atoms with Gasteiger partial charge in [-0.15, -0.1) is 0 Å². The van der Waals surface area contributed by atoms with Crippen molar-refractivity contribution in [1.82, 2.24) is 0 Å². The molecular weight excluding hydrogens is 412 g/mol. The summed E-state index contributed by atoms with van der Waals surface area (Å²) in [7, 11) is 0. The lowest BCUT2D eigenvalue weighted by Crippen LogP contribution is -2.35. The minimum atomic E-state index is -0.512. The SMILES string of the molecule is O=c1c(Nc2ccc(Br)cc2)c(Nc2ccc(Br)cc2)c1=O. The molecule has 0 aliphatic heterocycles. The highest BCUT2D eigenvalue weighted by molar-refractivity contribution is 9.10. The highest BCUT2D eigenvalue weighted by Crippen LogP contribution is 2.25. The predicted molar refractivity (Wildman–Crippen MR) is 96.2 cm³/mol. The molecule has 0 amide bonds. The van der Waals surface area contributed by atoms with Crippen molar-refractivity contribution in [2.45, 2.75) is 0 Å². The summed E-state index contributed by atoms with van der Waals surface area (Å²) >= 11 is 6.70. The molecule has 3 aromatic rings. The number of hydrogen-bond donors (Lipinski definition) is 2. The lowest BCUT2D eigenvalue weighted by Gasteiger charge is -2.15. The molecule has 0 fully saturated rings. The van der Waals surface area contributed by atoms with Crippen LogP contribution in [0.4, 0.5) is 22.7 Å². The molecule has 0 saturated carbocycles. The van der Waals surface area contributed by atoms with Gasteiger partial charge < -0.3 is 10.6 Å². The number of rotatable bonds is 4. The number of nitrogens with one attached hydrogen (secondary N) is 2. The molecule has 2 N–H and O–H groups in total. The fourth-order valence-corrected chi connectivity index (χ4v) is 2.51. The molecule has 0 spiro atoms. The summed E-state index contributed by atoms with van der Waals surface area (Å²) < 4.78 is 1.88. The fraction of sp³-hybridized carbons (Fsp3) is 0. The van der Waals surface area contributed by atoms with Gasteiger partial charge >= 0.3 is 0 Å². The van der Waals surface area contributed by atoms with Crippen LogP contribution in [0.2, 0.25) is 0 Å². The molecule has 0 atom stereocenters. The lowest BCUT2D eigenvalue weighted by molar-refractivity contribution is 1.36. The van der Waals surface area contributed by atoms with Crippen LogP contribution < -0.4 is 21.5 Å². The first-order chi connectivity index (χ1) is 10.5. The molecule has 22 heavy (non-hydrogen) atoms. The van der Waals surface area contributed by atoms with E-state index in [9.17, 15) is 9.59 Å². The first kappa shape index (κ1) is 15.0. The van der Waals surface area contributed by atoms with Crippen LogP contribution in [-0.2, 0) is 0 Å². The Bertz CT molecular complexity index is 805. The zero-order chi connectivity index (χ0) is 15.7. The molecular formula is C16H10Br2N2O2. The summed E-state index contributed by atoms with van der Waals surface area (Å²) in [4.78, 5) is 23.5. The van der Waals surface area contributed by atoms with Crippen LogP contribution in [0.5, 0.6) is 0 Å². The Hall–Kier alpha value is -1.92. The van der Waals surface area contributed by atoms with Gasteiger partial charge in [0, 0.05) is 20.3 Å². The molecule has 3 rings (SSSR count). The summed E-state index contributed by atoms with van der Waals surface area (Å²) in [5.74, 6) is 0. The van der Waals surface area contributed by atoms with E-state index in [4.69, 9.17) is 0 Å². The van der Waals surface area contributed by atoms with Gasteiger partial charge in [0.15, 0.2) is 0 Å². The molecule has 3 aromatic carbocycles. The molecule has 110 valence electrons. The van der Waals surface area contributed by atoms with Crippen LogP contribution >= 0.6 is 31.9 Å². The van der Waals surface area contributed by atoms with Crippen molar-refractivity contribution >= 4 is 54.6 Å². The summed E-state index contributed by atoms with van der Waals surface area (Å²) in [6.07, 6.45) is 0. The largest absolute Gasteiger partial charge is 0.350 e. The van der Waals surface area contributed by atoms with E-state index in [-0.39, 0.29) is 11.4 Å². The molecule has 0 aliphatic rings. The van der Waals surface area contributed by atoms with Gasteiger partial charge in [0.2, 0.25) is 0 Å². The van der Waals surface area contributed by atoms with Crippen LogP contribution in [0.3, 0.4) is 0 Å². The van der Waals surface area contributed by atoms with Crippen molar-refractivity contribution in [3.63, 3.8) is 0 Å². The number of hydrogen-bond acceptors (Lipinski definition) is 4. The standard InChI is InChI=1S/C16H10Br2N2O2/c17-9-1-5-11(6-2-9)19-13-14(16(22)15(13)21)20-12-7-3-10(18)4-8-12/h1-8,19-20H. The van der Waals surface area contributed by atoms with E-state index in [1.54, 1.807) is 0 Å². The van der Waals surface area contributed by atoms with Crippen LogP contribution in [0.25, 0.3) is 0 Å². The Labute approximate surface area is 143 Å². The second kappa shape index (κ2) is 6.06. The van der Waals surface area contributed by atoms with Crippen LogP contribution in [-0.4, -0.2) is 0 Å². The Morgan fingerprint density at radius 1 is 0.591 bits per heavy atom. The molecule has 0 unspecified atom stereocenters. The van der Waals surface area contributed by atoms with Crippen molar-refractivity contribution < 1.29 is 0 Å². The number of anilines is 4. The van der Waals surface area contributed by atoms with Gasteiger partial charge in [-0.3, -0.25) is 9.59 Å². The van der Waals surface area contributed by atoms with Crippen LogP contribution in [0.15, 0.2) is 67.1 Å². The van der Waals surface area contributed by atoms with Gasteiger partial charge in [0.05, 0.1) is 0 Å². The molecule has 0 aromatic heterocycles. The van der Waals surface area contributed by atoms with Crippen molar-refractivity contribution in [2.24, 2.45) is 0 Å². The van der Waals surface area contributed by atoms with Crippen LogP contribution in [0.1, 0.15) is 0 Å². The fourth-order valence-electron chi connectivity index (χ4n) is 1.99. The van der Waals surface area contributed by atoms with Gasteiger partial charge in [-0.2, -0.15) is 0 Å². The molecule has 0 aliphatic carbocycles. The second-order valence-corrected chi connectivity index (χ2v) is 6.50. The van der Waals surface area contributed by atoms with E-state index in [0.717, 1.165) is 20.3 Å². The topological polar surface area (TPSA) is 58.2 Å². The Morgan fingerprint density at radius 3 is 1.23 bits per heavy atom. The molecule has 0 radical (unpaired) electrons. The summed E-state index contributed by atoms with van der Waals surface area (Å²) in [5, 5.41) is 5.97. The van der Waals surface area contributed by atoms with E-state index in [1.165, 1.54) is 0 Å². The van der Waals surface area contributed by atoms with Gasteiger partial charge in [-0.1, -0.05) is 31.9 Å². The third kappa shape index (κ3) is 2.98. The smallest absolute Gasteiger partial charge is 0.253 e. The number of halogens is 2. The summed E-state index contributed by atoms with van der Waals surface area (Å²) in [6, 6.07) is 14.7. The minimum Gasteiger partial charge on any atom is -0.350 e. The zero-order valence-corrected chi connectivity index (χ0v) is 14.4. The summed E-state index contributed by atoms with van der Waals surface area (Å²) in [5.41, 5.74) is 1.04. The normalized spacial score (nSPS) is 10.6. The highest BCUT2D eigenvalue weighted by atomic mass is 79.9. The molecule has 0 bridgehead atoms. The summed E-state index contributed by atoms with van der Waals surface area (Å²) in [6.45, 7) is 0. The second-order valence-electron chi connectivity index (χ2n) is 4.67. The van der Waals surface area contributed by atoms with Crippen molar-refractivity contribution in [2.75, 3.05) is 10.6 Å². The predicted octanol–water partition coefficient (Wildman–Crippen LogP) is 4.29. The highest BCUT2D eigenvalue weighted by Gasteiger charge is 2.21. The molecule has 0 heterocycles. The molecule has 4 nitrogen and oxygen atoms in total. The minimum absolute atomic E-state index is 0.287. The Morgan fingerprint density at radius 2 is 0.909 bits per heavy atom. The maximum absolute atomic E-state index is 11.8. The van der Waals surface area contributed by atoms with E-state index >= 15 is 0 Å². The third-order valence-electron chi connectivity index (χ3n) is 3.14. The maximum atomic E-state index is 11.8. The average molecular weight is 422 g/mol. The number of benzene rings is 2. The van der Waals surface area contributed by atoms with Crippen molar-refractivity contribution in [3.8, 4) is 0 Å². The van der Waals surface area contributed by atoms with E-state index in [0.29, 0.717) is 0 Å². The molecule has 6 heteroatoms. The average Bonchev–Trinajstić information content (AvgIpc) is 2.54. The van der Waals surface area contributed by atoms with Gasteiger partial charge in [-0.05, 0) is 48.5 Å². The van der Waals surface area contributed by atoms with E-state index in [1.807, 2.05) is 48.5 Å². The van der Waals surface area contributed by atoms with Gasteiger partial charge in [-0.25, -0.2) is 0 Å². The lowest BCUT2D eigenvalue weighted by atomic mass is 10.1. The van der Waals surface area contributed by atoms with Crippen molar-refractivity contribution in [1.29, 1.82) is 0 Å². The monoisotopic (exact) mass is 420 g/mol. The quantitative estimate of drug-likeness (QED) is 0.616. The Balaban J connectivity index is 1.85. The van der Waals surface area contributed by atoms with E-state index < -0.39 is 10.9 Å². The zero-order valence-electron chi connectivity index (χ0n) is 11.2. The first-order valence-electron chi connectivity index (χ1n) is 6.43. The Kier molecular flexibility index (Phi) is 4.13. The first-order valence-corrected chi connectivity index (χ1v) is 8.01. The third-order valence-corrected chi connectivity index (χ3v) is 4.19. The van der Waals surface area contributed by atoms with Gasteiger partial charge in [0.25, 0.3) is 10.9 Å². The van der Waals surface area contributed by atoms with Gasteiger partial charge in [0.1, 0.15) is 11.4 Å². The van der Waals surface area contributed by atoms with E-state index in [2.05, 4.69) is 42.5 Å². The molecule has 0 saturated heterocycles. The van der Waals surface area contributed by atoms with Crippen molar-refractivity contribution in [3.05, 3.63) is 77.9 Å². The van der Waals surface area contributed by atoms with Crippen LogP contribution in [0, 0.1) is 0 Å².